The van der Waals surface area contributed by atoms with E-state index >= 15 is 0 Å². The molecule has 0 amide bonds. The van der Waals surface area contributed by atoms with Crippen LogP contribution in [0.2, 0.25) is 0 Å². The Morgan fingerprint density at radius 2 is 2.07 bits per heavy atom. The van der Waals surface area contributed by atoms with E-state index in [9.17, 15) is 0 Å². The first-order valence-electron chi connectivity index (χ1n) is 4.26. The van der Waals surface area contributed by atoms with E-state index in [-0.39, 0.29) is 6.04 Å². The van der Waals surface area contributed by atoms with E-state index in [4.69, 9.17) is 5.73 Å². The van der Waals surface area contributed by atoms with Crippen LogP contribution in [0.4, 0.5) is 0 Å². The van der Waals surface area contributed by atoms with Gasteiger partial charge in [0.05, 0.1) is 5.69 Å². The van der Waals surface area contributed by atoms with Crippen molar-refractivity contribution in [1.82, 2.24) is 15.0 Å². The number of hydrogen-bond donors (Lipinski definition) is 1. The Kier molecular flexibility index (Phi) is 2.51. The highest BCUT2D eigenvalue weighted by Gasteiger charge is 2.08. The van der Waals surface area contributed by atoms with Gasteiger partial charge in [-0.1, -0.05) is 0 Å². The number of rotatable bonds is 2. The first-order valence-corrected chi connectivity index (χ1v) is 5.14. The second-order valence-corrected chi connectivity index (χ2v) is 3.80. The van der Waals surface area contributed by atoms with Crippen LogP contribution in [-0.4, -0.2) is 15.0 Å². The highest BCUT2D eigenvalue weighted by atomic mass is 32.1. The quantitative estimate of drug-likeness (QED) is 0.811. The van der Waals surface area contributed by atoms with Crippen molar-refractivity contribution in [2.75, 3.05) is 0 Å². The summed E-state index contributed by atoms with van der Waals surface area (Å²) < 4.78 is 0. The average molecular weight is 206 g/mol. The van der Waals surface area contributed by atoms with Crippen molar-refractivity contribution in [2.24, 2.45) is 5.73 Å². The van der Waals surface area contributed by atoms with Gasteiger partial charge in [-0.15, -0.1) is 11.3 Å². The Balaban J connectivity index is 2.34. The molecule has 0 aliphatic rings. The monoisotopic (exact) mass is 206 g/mol. The molecule has 0 saturated carbocycles. The van der Waals surface area contributed by atoms with E-state index in [1.165, 1.54) is 11.3 Å². The van der Waals surface area contributed by atoms with E-state index in [2.05, 4.69) is 15.0 Å². The molecule has 14 heavy (non-hydrogen) atoms. The fourth-order valence-electron chi connectivity index (χ4n) is 1.01. The Morgan fingerprint density at radius 3 is 2.64 bits per heavy atom. The second-order valence-electron chi connectivity index (χ2n) is 2.94. The maximum atomic E-state index is 5.71. The molecule has 2 aromatic rings. The molecule has 2 heterocycles. The van der Waals surface area contributed by atoms with E-state index in [1.807, 2.05) is 12.3 Å². The highest BCUT2D eigenvalue weighted by molar-refractivity contribution is 7.13. The lowest BCUT2D eigenvalue weighted by Gasteiger charge is -1.97. The normalized spacial score (nSPS) is 12.7. The van der Waals surface area contributed by atoms with Crippen molar-refractivity contribution in [2.45, 2.75) is 13.0 Å². The summed E-state index contributed by atoms with van der Waals surface area (Å²) >= 11 is 1.51. The van der Waals surface area contributed by atoms with Crippen LogP contribution in [0.3, 0.4) is 0 Å². The van der Waals surface area contributed by atoms with Crippen LogP contribution >= 0.6 is 11.3 Å². The van der Waals surface area contributed by atoms with Crippen LogP contribution in [0, 0.1) is 0 Å². The van der Waals surface area contributed by atoms with Crippen LogP contribution in [0.5, 0.6) is 0 Å². The van der Waals surface area contributed by atoms with Crippen molar-refractivity contribution in [3.05, 3.63) is 29.5 Å². The zero-order valence-electron chi connectivity index (χ0n) is 7.71. The van der Waals surface area contributed by atoms with Gasteiger partial charge in [0.1, 0.15) is 0 Å². The van der Waals surface area contributed by atoms with Crippen LogP contribution in [0.25, 0.3) is 10.8 Å². The van der Waals surface area contributed by atoms with Gasteiger partial charge in [0.25, 0.3) is 0 Å². The molecule has 0 fully saturated rings. The molecule has 72 valence electrons. The van der Waals surface area contributed by atoms with Crippen LogP contribution in [0.1, 0.15) is 18.7 Å². The zero-order chi connectivity index (χ0) is 9.97. The lowest BCUT2D eigenvalue weighted by Crippen LogP contribution is -2.04. The van der Waals surface area contributed by atoms with Gasteiger partial charge in [0.2, 0.25) is 0 Å². The topological polar surface area (TPSA) is 64.7 Å². The van der Waals surface area contributed by atoms with Gasteiger partial charge < -0.3 is 5.73 Å². The predicted molar refractivity (Wildman–Crippen MR) is 55.7 cm³/mol. The molecule has 0 radical (unpaired) electrons. The lowest BCUT2D eigenvalue weighted by molar-refractivity contribution is 0.790. The summed E-state index contributed by atoms with van der Waals surface area (Å²) in [5, 5.41) is 2.76. The summed E-state index contributed by atoms with van der Waals surface area (Å²) in [7, 11) is 0. The molecule has 0 aliphatic heterocycles. The molecule has 2 rings (SSSR count). The molecule has 0 spiro atoms. The maximum Gasteiger partial charge on any atom is 0.188 e. The minimum absolute atomic E-state index is 0.0382. The van der Waals surface area contributed by atoms with Crippen LogP contribution in [-0.2, 0) is 0 Å². The molecule has 0 aliphatic carbocycles. The standard InChI is InChI=1S/C9H10N4S/c1-6(10)7-5-14-9(13-7)8-11-3-2-4-12-8/h2-6H,10H2,1H3. The number of nitrogens with two attached hydrogens (primary N) is 1. The Labute approximate surface area is 85.9 Å². The Morgan fingerprint density at radius 1 is 1.36 bits per heavy atom. The van der Waals surface area contributed by atoms with Gasteiger partial charge >= 0.3 is 0 Å². The molecule has 4 nitrogen and oxygen atoms in total. The molecule has 2 aromatic heterocycles. The molecule has 0 saturated heterocycles. The zero-order valence-corrected chi connectivity index (χ0v) is 8.53. The fraction of sp³-hybridized carbons (Fsp3) is 0.222. The minimum atomic E-state index is -0.0382. The SMILES string of the molecule is CC(N)c1csc(-c2ncccn2)n1. The summed E-state index contributed by atoms with van der Waals surface area (Å²) in [6.45, 7) is 1.91. The largest absolute Gasteiger partial charge is 0.323 e. The van der Waals surface area contributed by atoms with E-state index in [0.29, 0.717) is 5.82 Å². The predicted octanol–water partition coefficient (Wildman–Crippen LogP) is 1.62. The number of nitrogens with zero attached hydrogens (tertiary/aromatic N) is 3. The van der Waals surface area contributed by atoms with Crippen LogP contribution < -0.4 is 5.73 Å². The van der Waals surface area contributed by atoms with E-state index < -0.39 is 0 Å². The van der Waals surface area contributed by atoms with Gasteiger partial charge in [-0.2, -0.15) is 0 Å². The van der Waals surface area contributed by atoms with Crippen molar-refractivity contribution in [3.63, 3.8) is 0 Å². The molecule has 0 aromatic carbocycles. The number of hydrogen-bond acceptors (Lipinski definition) is 5. The van der Waals surface area contributed by atoms with Crippen molar-refractivity contribution in [1.29, 1.82) is 0 Å². The molecular weight excluding hydrogens is 196 g/mol. The lowest BCUT2D eigenvalue weighted by atomic mass is 10.3. The van der Waals surface area contributed by atoms with Gasteiger partial charge in [-0.05, 0) is 13.0 Å². The summed E-state index contributed by atoms with van der Waals surface area (Å²) in [6, 6.07) is 1.74. The highest BCUT2D eigenvalue weighted by Crippen LogP contribution is 2.21. The summed E-state index contributed by atoms with van der Waals surface area (Å²) in [4.78, 5) is 12.6. The minimum Gasteiger partial charge on any atom is -0.323 e. The first-order chi connectivity index (χ1) is 6.77. The van der Waals surface area contributed by atoms with Crippen LogP contribution in [0.15, 0.2) is 23.8 Å². The van der Waals surface area contributed by atoms with Gasteiger partial charge in [-0.3, -0.25) is 0 Å². The third kappa shape index (κ3) is 1.78. The second kappa shape index (κ2) is 3.81. The fourth-order valence-corrected chi connectivity index (χ4v) is 1.88. The Hall–Kier alpha value is -1.33. The molecular formula is C9H10N4S. The van der Waals surface area contributed by atoms with Gasteiger partial charge in [0.15, 0.2) is 10.8 Å². The summed E-state index contributed by atoms with van der Waals surface area (Å²) in [6.07, 6.45) is 3.41. The molecule has 0 bridgehead atoms. The number of aromatic nitrogens is 3. The average Bonchev–Trinajstić information content (AvgIpc) is 2.68. The Bertz CT molecular complexity index is 410. The van der Waals surface area contributed by atoms with Crippen molar-refractivity contribution >= 4 is 11.3 Å². The third-order valence-electron chi connectivity index (χ3n) is 1.75. The molecule has 2 N–H and O–H groups in total. The van der Waals surface area contributed by atoms with Gasteiger partial charge in [0, 0.05) is 23.8 Å². The van der Waals surface area contributed by atoms with Crippen molar-refractivity contribution < 1.29 is 0 Å². The summed E-state index contributed by atoms with van der Waals surface area (Å²) in [5.41, 5.74) is 6.60. The first kappa shape index (κ1) is 9.23. The summed E-state index contributed by atoms with van der Waals surface area (Å²) in [5.74, 6) is 0.657. The number of thiazole rings is 1. The maximum absolute atomic E-state index is 5.71. The molecule has 1 atom stereocenters. The molecule has 1 unspecified atom stereocenters. The third-order valence-corrected chi connectivity index (χ3v) is 2.60. The van der Waals surface area contributed by atoms with Crippen molar-refractivity contribution in [3.8, 4) is 10.8 Å². The smallest absolute Gasteiger partial charge is 0.188 e. The molecule has 5 heteroatoms. The van der Waals surface area contributed by atoms with E-state index in [1.54, 1.807) is 18.5 Å². The van der Waals surface area contributed by atoms with E-state index in [0.717, 1.165) is 10.7 Å². The van der Waals surface area contributed by atoms with Gasteiger partial charge in [-0.25, -0.2) is 15.0 Å².